The Morgan fingerprint density at radius 2 is 2.50 bits per heavy atom. The minimum absolute atomic E-state index is 0.0206. The van der Waals surface area contributed by atoms with Gasteiger partial charge in [-0.2, -0.15) is 0 Å². The molecule has 1 fully saturated rings. The van der Waals surface area contributed by atoms with E-state index in [9.17, 15) is 10.1 Å². The molecule has 0 amide bonds. The van der Waals surface area contributed by atoms with Crippen LogP contribution in [0, 0.1) is 10.1 Å². The van der Waals surface area contributed by atoms with Crippen molar-refractivity contribution >= 4 is 23.3 Å². The molecule has 7 nitrogen and oxygen atoms in total. The second-order valence-electron chi connectivity index (χ2n) is 3.90. The normalized spacial score (nSPS) is 18.8. The van der Waals surface area contributed by atoms with Crippen LogP contribution in [0.4, 0.5) is 11.5 Å². The maximum absolute atomic E-state index is 10.8. The quantitative estimate of drug-likeness (QED) is 0.362. The monoisotopic (exact) mass is 270 g/mol. The molecular weight excluding hydrogens is 256 g/mol. The highest BCUT2D eigenvalue weighted by atomic mass is 32.2. The first-order chi connectivity index (χ1) is 8.69. The number of nitrogen functional groups attached to an aromatic ring is 1. The highest BCUT2D eigenvalue weighted by Gasteiger charge is 2.17. The lowest BCUT2D eigenvalue weighted by Gasteiger charge is -2.08. The van der Waals surface area contributed by atoms with Crippen molar-refractivity contribution in [3.8, 4) is 0 Å². The van der Waals surface area contributed by atoms with Crippen LogP contribution in [-0.4, -0.2) is 28.4 Å². The maximum atomic E-state index is 10.8. The van der Waals surface area contributed by atoms with Crippen LogP contribution in [-0.2, 0) is 4.74 Å². The van der Waals surface area contributed by atoms with Gasteiger partial charge in [-0.15, -0.1) is 11.8 Å². The predicted octanol–water partition coefficient (Wildman–Crippen LogP) is 1.55. The highest BCUT2D eigenvalue weighted by molar-refractivity contribution is 7.99. The summed E-state index contributed by atoms with van der Waals surface area (Å²) in [6.45, 7) is 0.795. The summed E-state index contributed by atoms with van der Waals surface area (Å²) < 4.78 is 5.49. The van der Waals surface area contributed by atoms with E-state index in [-0.39, 0.29) is 11.8 Å². The van der Waals surface area contributed by atoms with E-state index < -0.39 is 4.92 Å². The summed E-state index contributed by atoms with van der Waals surface area (Å²) in [6.07, 6.45) is 2.32. The summed E-state index contributed by atoms with van der Waals surface area (Å²) in [5, 5.41) is 11.3. The number of ether oxygens (including phenoxy) is 1. The lowest BCUT2D eigenvalue weighted by molar-refractivity contribution is -0.385. The zero-order valence-electron chi connectivity index (χ0n) is 9.67. The average Bonchev–Trinajstić information content (AvgIpc) is 2.89. The molecule has 0 aliphatic carbocycles. The molecule has 1 aliphatic rings. The van der Waals surface area contributed by atoms with Gasteiger partial charge in [0.25, 0.3) is 5.69 Å². The average molecular weight is 270 g/mol. The van der Waals surface area contributed by atoms with Gasteiger partial charge in [0.1, 0.15) is 10.8 Å². The predicted molar refractivity (Wildman–Crippen MR) is 68.4 cm³/mol. The third-order valence-corrected chi connectivity index (χ3v) is 3.63. The first-order valence-electron chi connectivity index (χ1n) is 5.56. The number of nitrogens with zero attached hydrogens (tertiary/aromatic N) is 2. The largest absolute Gasteiger partial charge is 0.377 e. The van der Waals surface area contributed by atoms with Crippen LogP contribution in [0.25, 0.3) is 0 Å². The fourth-order valence-electron chi connectivity index (χ4n) is 1.70. The van der Waals surface area contributed by atoms with Gasteiger partial charge in [-0.25, -0.2) is 10.8 Å². The number of nitrogens with two attached hydrogens (primary N) is 1. The maximum Gasteiger partial charge on any atom is 0.275 e. The third kappa shape index (κ3) is 3.31. The van der Waals surface area contributed by atoms with Crippen LogP contribution in [0.15, 0.2) is 17.2 Å². The van der Waals surface area contributed by atoms with Gasteiger partial charge in [0.15, 0.2) is 0 Å². The summed E-state index contributed by atoms with van der Waals surface area (Å²) in [5.41, 5.74) is 2.31. The molecule has 1 aliphatic heterocycles. The van der Waals surface area contributed by atoms with Crippen LogP contribution >= 0.6 is 11.8 Å². The Hall–Kier alpha value is -1.38. The van der Waals surface area contributed by atoms with E-state index >= 15 is 0 Å². The van der Waals surface area contributed by atoms with Gasteiger partial charge in [-0.1, -0.05) is 0 Å². The molecule has 8 heteroatoms. The Morgan fingerprint density at radius 1 is 1.67 bits per heavy atom. The zero-order valence-corrected chi connectivity index (χ0v) is 10.5. The minimum Gasteiger partial charge on any atom is -0.377 e. The number of nitro groups is 1. The number of hydrazine groups is 1. The van der Waals surface area contributed by atoms with E-state index in [1.807, 2.05) is 0 Å². The van der Waals surface area contributed by atoms with E-state index in [0.29, 0.717) is 10.8 Å². The molecule has 0 radical (unpaired) electrons. The minimum atomic E-state index is -0.460. The number of thioether (sulfide) groups is 1. The molecule has 1 unspecified atom stereocenters. The van der Waals surface area contributed by atoms with Gasteiger partial charge < -0.3 is 10.2 Å². The molecule has 3 N–H and O–H groups in total. The molecule has 1 saturated heterocycles. The third-order valence-electron chi connectivity index (χ3n) is 2.59. The smallest absolute Gasteiger partial charge is 0.275 e. The zero-order chi connectivity index (χ0) is 13.0. The van der Waals surface area contributed by atoms with Crippen LogP contribution in [0.5, 0.6) is 0 Å². The second kappa shape index (κ2) is 5.98. The Kier molecular flexibility index (Phi) is 4.34. The number of pyridine rings is 1. The van der Waals surface area contributed by atoms with Gasteiger partial charge in [-0.05, 0) is 12.8 Å². The second-order valence-corrected chi connectivity index (χ2v) is 4.94. The summed E-state index contributed by atoms with van der Waals surface area (Å²) in [6, 6.07) is 2.75. The first-order valence-corrected chi connectivity index (χ1v) is 6.55. The number of hydrogen-bond acceptors (Lipinski definition) is 7. The standard InChI is InChI=1S/C10H14N4O3S/c11-13-9-4-7(14(15)16)5-10(12-9)18-6-8-2-1-3-17-8/h4-5,8H,1-3,6,11H2,(H,12,13). The Labute approximate surface area is 108 Å². The van der Waals surface area contributed by atoms with Crippen molar-refractivity contribution in [1.29, 1.82) is 0 Å². The van der Waals surface area contributed by atoms with Crippen molar-refractivity contribution in [2.75, 3.05) is 17.8 Å². The highest BCUT2D eigenvalue weighted by Crippen LogP contribution is 2.27. The van der Waals surface area contributed by atoms with E-state index in [1.54, 1.807) is 0 Å². The van der Waals surface area contributed by atoms with Crippen LogP contribution in [0.2, 0.25) is 0 Å². The molecule has 98 valence electrons. The van der Waals surface area contributed by atoms with E-state index in [0.717, 1.165) is 25.2 Å². The molecule has 2 rings (SSSR count). The summed E-state index contributed by atoms with van der Waals surface area (Å²) >= 11 is 1.44. The van der Waals surface area contributed by atoms with Crippen LogP contribution < -0.4 is 11.3 Å². The van der Waals surface area contributed by atoms with Gasteiger partial charge in [0.2, 0.25) is 0 Å². The number of rotatable bonds is 5. The van der Waals surface area contributed by atoms with Gasteiger partial charge in [0.05, 0.1) is 17.1 Å². The number of anilines is 1. The summed E-state index contributed by atoms with van der Waals surface area (Å²) in [5.74, 6) is 6.28. The molecule has 1 atom stereocenters. The van der Waals surface area contributed by atoms with Crippen molar-refractivity contribution in [1.82, 2.24) is 4.98 Å². The molecule has 2 heterocycles. The lowest BCUT2D eigenvalue weighted by Crippen LogP contribution is -2.10. The lowest BCUT2D eigenvalue weighted by atomic mass is 10.3. The van der Waals surface area contributed by atoms with Crippen molar-refractivity contribution < 1.29 is 9.66 Å². The Bertz CT molecular complexity index is 437. The molecule has 0 bridgehead atoms. The summed E-state index contributed by atoms with van der Waals surface area (Å²) in [4.78, 5) is 14.5. The topological polar surface area (TPSA) is 103 Å². The number of aromatic nitrogens is 1. The molecule has 1 aromatic heterocycles. The Morgan fingerprint density at radius 3 is 3.11 bits per heavy atom. The first kappa shape index (κ1) is 13.1. The Balaban J connectivity index is 2.05. The van der Waals surface area contributed by atoms with E-state index in [1.165, 1.54) is 23.9 Å². The molecule has 18 heavy (non-hydrogen) atoms. The number of hydrogen-bond donors (Lipinski definition) is 2. The SMILES string of the molecule is NNc1cc([N+](=O)[O-])cc(SCC2CCCO2)n1. The van der Waals surface area contributed by atoms with Crippen LogP contribution in [0.3, 0.4) is 0 Å². The van der Waals surface area contributed by atoms with Crippen molar-refractivity contribution in [2.45, 2.75) is 24.0 Å². The molecule has 0 aromatic carbocycles. The van der Waals surface area contributed by atoms with Crippen molar-refractivity contribution in [3.05, 3.63) is 22.2 Å². The summed E-state index contributed by atoms with van der Waals surface area (Å²) in [7, 11) is 0. The molecular formula is C10H14N4O3S. The van der Waals surface area contributed by atoms with E-state index in [4.69, 9.17) is 10.6 Å². The molecule has 0 spiro atoms. The van der Waals surface area contributed by atoms with Gasteiger partial charge in [0, 0.05) is 18.4 Å². The van der Waals surface area contributed by atoms with Gasteiger partial charge in [-0.3, -0.25) is 10.1 Å². The van der Waals surface area contributed by atoms with Gasteiger partial charge >= 0.3 is 0 Å². The molecule has 0 saturated carbocycles. The van der Waals surface area contributed by atoms with Crippen molar-refractivity contribution in [2.24, 2.45) is 5.84 Å². The molecule has 1 aromatic rings. The van der Waals surface area contributed by atoms with E-state index in [2.05, 4.69) is 10.4 Å². The van der Waals surface area contributed by atoms with Crippen LogP contribution in [0.1, 0.15) is 12.8 Å². The van der Waals surface area contributed by atoms with Crippen molar-refractivity contribution in [3.63, 3.8) is 0 Å². The fourth-order valence-corrected chi connectivity index (χ4v) is 2.69. The number of nitrogens with one attached hydrogen (secondary N) is 1. The fraction of sp³-hybridized carbons (Fsp3) is 0.500.